The average molecular weight is 309 g/mol. The lowest BCUT2D eigenvalue weighted by atomic mass is 10.00. The van der Waals surface area contributed by atoms with Crippen LogP contribution in [0.5, 0.6) is 5.75 Å². The van der Waals surface area contributed by atoms with E-state index in [2.05, 4.69) is 48.7 Å². The SMILES string of the molecule is COc1ccc(-c2nc3ccc(C)cn3c2C(C)CN)cc1C. The lowest BCUT2D eigenvalue weighted by Crippen LogP contribution is -2.12. The minimum atomic E-state index is 0.226. The summed E-state index contributed by atoms with van der Waals surface area (Å²) in [6.45, 7) is 6.87. The molecule has 0 radical (unpaired) electrons. The van der Waals surface area contributed by atoms with Crippen LogP contribution in [-0.4, -0.2) is 23.0 Å². The minimum absolute atomic E-state index is 0.226. The van der Waals surface area contributed by atoms with Crippen LogP contribution in [0.15, 0.2) is 36.5 Å². The highest BCUT2D eigenvalue weighted by molar-refractivity contribution is 5.69. The molecule has 0 bridgehead atoms. The lowest BCUT2D eigenvalue weighted by Gasteiger charge is -2.13. The number of benzene rings is 1. The summed E-state index contributed by atoms with van der Waals surface area (Å²) >= 11 is 0. The van der Waals surface area contributed by atoms with Gasteiger partial charge in [0, 0.05) is 24.2 Å². The Kier molecular flexibility index (Phi) is 4.09. The van der Waals surface area contributed by atoms with Gasteiger partial charge in [0.1, 0.15) is 11.4 Å². The van der Waals surface area contributed by atoms with E-state index in [0.29, 0.717) is 6.54 Å². The third-order valence-corrected chi connectivity index (χ3v) is 4.29. The monoisotopic (exact) mass is 309 g/mol. The van der Waals surface area contributed by atoms with Crippen molar-refractivity contribution >= 4 is 5.65 Å². The number of ether oxygens (including phenoxy) is 1. The Morgan fingerprint density at radius 1 is 1.22 bits per heavy atom. The van der Waals surface area contributed by atoms with E-state index < -0.39 is 0 Å². The second kappa shape index (κ2) is 6.05. The maximum Gasteiger partial charge on any atom is 0.137 e. The Hall–Kier alpha value is -2.33. The van der Waals surface area contributed by atoms with Crippen molar-refractivity contribution in [1.82, 2.24) is 9.38 Å². The van der Waals surface area contributed by atoms with Crippen molar-refractivity contribution in [3.63, 3.8) is 0 Å². The Labute approximate surface area is 136 Å². The smallest absolute Gasteiger partial charge is 0.137 e. The molecule has 0 aliphatic rings. The topological polar surface area (TPSA) is 52.5 Å². The zero-order valence-electron chi connectivity index (χ0n) is 14.1. The Balaban J connectivity index is 2.26. The van der Waals surface area contributed by atoms with Gasteiger partial charge in [0.15, 0.2) is 0 Å². The zero-order valence-corrected chi connectivity index (χ0v) is 14.1. The van der Waals surface area contributed by atoms with E-state index >= 15 is 0 Å². The van der Waals surface area contributed by atoms with Gasteiger partial charge in [0.05, 0.1) is 18.5 Å². The molecule has 4 heteroatoms. The number of pyridine rings is 1. The van der Waals surface area contributed by atoms with E-state index in [9.17, 15) is 0 Å². The fourth-order valence-electron chi connectivity index (χ4n) is 2.99. The van der Waals surface area contributed by atoms with Gasteiger partial charge in [-0.25, -0.2) is 4.98 Å². The highest BCUT2D eigenvalue weighted by Crippen LogP contribution is 2.32. The molecule has 1 atom stereocenters. The van der Waals surface area contributed by atoms with Crippen LogP contribution in [0.25, 0.3) is 16.9 Å². The van der Waals surface area contributed by atoms with Crippen molar-refractivity contribution in [2.75, 3.05) is 13.7 Å². The maximum absolute atomic E-state index is 5.95. The highest BCUT2D eigenvalue weighted by atomic mass is 16.5. The maximum atomic E-state index is 5.95. The minimum Gasteiger partial charge on any atom is -0.496 e. The molecule has 120 valence electrons. The number of aromatic nitrogens is 2. The number of nitrogens with two attached hydrogens (primary N) is 1. The van der Waals surface area contributed by atoms with Gasteiger partial charge in [-0.1, -0.05) is 13.0 Å². The number of hydrogen-bond acceptors (Lipinski definition) is 3. The van der Waals surface area contributed by atoms with E-state index in [0.717, 1.165) is 33.9 Å². The first-order chi connectivity index (χ1) is 11.0. The highest BCUT2D eigenvalue weighted by Gasteiger charge is 2.19. The molecule has 0 amide bonds. The van der Waals surface area contributed by atoms with Crippen LogP contribution in [0.3, 0.4) is 0 Å². The second-order valence-corrected chi connectivity index (χ2v) is 6.10. The number of methoxy groups -OCH3 is 1. The number of rotatable bonds is 4. The lowest BCUT2D eigenvalue weighted by molar-refractivity contribution is 0.412. The summed E-state index contributed by atoms with van der Waals surface area (Å²) < 4.78 is 7.53. The summed E-state index contributed by atoms with van der Waals surface area (Å²) in [4.78, 5) is 4.86. The molecule has 0 spiro atoms. The third-order valence-electron chi connectivity index (χ3n) is 4.29. The predicted molar refractivity (Wildman–Crippen MR) is 94.1 cm³/mol. The number of imidazole rings is 1. The van der Waals surface area contributed by atoms with Crippen molar-refractivity contribution in [2.45, 2.75) is 26.7 Å². The summed E-state index contributed by atoms with van der Waals surface area (Å²) in [5, 5.41) is 0. The Morgan fingerprint density at radius 2 is 2.00 bits per heavy atom. The molecule has 0 aliphatic carbocycles. The van der Waals surface area contributed by atoms with Crippen molar-refractivity contribution in [3.05, 3.63) is 53.3 Å². The molecule has 2 aromatic heterocycles. The fourth-order valence-corrected chi connectivity index (χ4v) is 2.99. The van der Waals surface area contributed by atoms with Crippen LogP contribution in [0.2, 0.25) is 0 Å². The molecular weight excluding hydrogens is 286 g/mol. The molecule has 4 nitrogen and oxygen atoms in total. The first-order valence-electron chi connectivity index (χ1n) is 7.88. The van der Waals surface area contributed by atoms with E-state index in [-0.39, 0.29) is 5.92 Å². The fraction of sp³-hybridized carbons (Fsp3) is 0.316. The summed E-state index contributed by atoms with van der Waals surface area (Å²) in [7, 11) is 1.69. The van der Waals surface area contributed by atoms with Gasteiger partial charge in [-0.2, -0.15) is 0 Å². The summed E-state index contributed by atoms with van der Waals surface area (Å²) in [5.74, 6) is 1.12. The first-order valence-corrected chi connectivity index (χ1v) is 7.88. The molecule has 0 saturated heterocycles. The average Bonchev–Trinajstić information content (AvgIpc) is 2.92. The van der Waals surface area contributed by atoms with Gasteiger partial charge in [-0.05, 0) is 49.2 Å². The summed E-state index contributed by atoms with van der Waals surface area (Å²) in [6, 6.07) is 10.3. The first kappa shape index (κ1) is 15.6. The number of nitrogens with zero attached hydrogens (tertiary/aromatic N) is 2. The normalized spacial score (nSPS) is 12.6. The number of aryl methyl sites for hydroxylation is 2. The van der Waals surface area contributed by atoms with Crippen molar-refractivity contribution < 1.29 is 4.74 Å². The number of fused-ring (bicyclic) bond motifs is 1. The van der Waals surface area contributed by atoms with Gasteiger partial charge >= 0.3 is 0 Å². The van der Waals surface area contributed by atoms with Gasteiger partial charge in [0.2, 0.25) is 0 Å². The quantitative estimate of drug-likeness (QED) is 0.799. The molecule has 2 N–H and O–H groups in total. The standard InChI is InChI=1S/C19H23N3O/c1-12-5-8-17-21-18(19(14(3)10-20)22(17)11-12)15-6-7-16(23-4)13(2)9-15/h5-9,11,14H,10,20H2,1-4H3. The van der Waals surface area contributed by atoms with Crippen LogP contribution < -0.4 is 10.5 Å². The number of hydrogen-bond donors (Lipinski definition) is 1. The van der Waals surface area contributed by atoms with E-state index in [4.69, 9.17) is 15.5 Å². The van der Waals surface area contributed by atoms with Crippen LogP contribution >= 0.6 is 0 Å². The Morgan fingerprint density at radius 3 is 2.65 bits per heavy atom. The van der Waals surface area contributed by atoms with Crippen LogP contribution in [-0.2, 0) is 0 Å². The van der Waals surface area contributed by atoms with Gasteiger partial charge in [-0.15, -0.1) is 0 Å². The largest absolute Gasteiger partial charge is 0.496 e. The molecule has 1 aromatic carbocycles. The van der Waals surface area contributed by atoms with Crippen molar-refractivity contribution in [2.24, 2.45) is 5.73 Å². The molecule has 0 saturated carbocycles. The van der Waals surface area contributed by atoms with Crippen molar-refractivity contribution in [1.29, 1.82) is 0 Å². The van der Waals surface area contributed by atoms with Crippen LogP contribution in [0.4, 0.5) is 0 Å². The van der Waals surface area contributed by atoms with Gasteiger partial charge in [0.25, 0.3) is 0 Å². The van der Waals surface area contributed by atoms with Crippen LogP contribution in [0.1, 0.15) is 29.7 Å². The second-order valence-electron chi connectivity index (χ2n) is 6.10. The summed E-state index contributed by atoms with van der Waals surface area (Å²) in [5.41, 5.74) is 12.5. The predicted octanol–water partition coefficient (Wildman–Crippen LogP) is 3.69. The molecule has 0 fully saturated rings. The van der Waals surface area contributed by atoms with Crippen molar-refractivity contribution in [3.8, 4) is 17.0 Å². The summed E-state index contributed by atoms with van der Waals surface area (Å²) in [6.07, 6.45) is 2.13. The van der Waals surface area contributed by atoms with Gasteiger partial charge in [-0.3, -0.25) is 0 Å². The van der Waals surface area contributed by atoms with E-state index in [1.807, 2.05) is 13.0 Å². The van der Waals surface area contributed by atoms with E-state index in [1.54, 1.807) is 7.11 Å². The molecule has 2 heterocycles. The zero-order chi connectivity index (χ0) is 16.6. The molecule has 0 aliphatic heterocycles. The molecular formula is C19H23N3O. The van der Waals surface area contributed by atoms with Gasteiger partial charge < -0.3 is 14.9 Å². The Bertz CT molecular complexity index is 851. The molecule has 3 aromatic rings. The third kappa shape index (κ3) is 2.70. The molecule has 3 rings (SSSR count). The van der Waals surface area contributed by atoms with E-state index in [1.165, 1.54) is 5.56 Å². The molecule has 1 unspecified atom stereocenters. The molecule has 23 heavy (non-hydrogen) atoms. The van der Waals surface area contributed by atoms with Crippen LogP contribution in [0, 0.1) is 13.8 Å².